The van der Waals surface area contributed by atoms with Crippen molar-refractivity contribution in [1.82, 2.24) is 10.2 Å². The molecule has 1 heterocycles. The van der Waals surface area contributed by atoms with Gasteiger partial charge < -0.3 is 16.0 Å². The lowest BCUT2D eigenvalue weighted by Gasteiger charge is -2.30. The van der Waals surface area contributed by atoms with Crippen molar-refractivity contribution in [2.24, 2.45) is 16.6 Å². The number of guanidine groups is 1. The second kappa shape index (κ2) is 5.53. The van der Waals surface area contributed by atoms with Crippen molar-refractivity contribution < 1.29 is 0 Å². The van der Waals surface area contributed by atoms with E-state index in [0.29, 0.717) is 12.0 Å². The van der Waals surface area contributed by atoms with Gasteiger partial charge >= 0.3 is 0 Å². The summed E-state index contributed by atoms with van der Waals surface area (Å²) in [6, 6.07) is 0.610. The van der Waals surface area contributed by atoms with Crippen LogP contribution in [0.1, 0.15) is 32.6 Å². The maximum atomic E-state index is 5.78. The van der Waals surface area contributed by atoms with Crippen molar-refractivity contribution in [1.29, 1.82) is 0 Å². The van der Waals surface area contributed by atoms with Gasteiger partial charge in [-0.15, -0.1) is 0 Å². The summed E-state index contributed by atoms with van der Waals surface area (Å²) >= 11 is 0. The third-order valence-electron chi connectivity index (χ3n) is 3.37. The topological polar surface area (TPSA) is 53.6 Å². The molecule has 0 unspecified atom stereocenters. The fourth-order valence-corrected chi connectivity index (χ4v) is 2.28. The molecule has 0 aromatic carbocycles. The van der Waals surface area contributed by atoms with Crippen LogP contribution in [0, 0.1) is 5.92 Å². The van der Waals surface area contributed by atoms with Crippen LogP contribution in [0.15, 0.2) is 4.99 Å². The lowest BCUT2D eigenvalue weighted by atomic mass is 10.0. The van der Waals surface area contributed by atoms with E-state index >= 15 is 0 Å². The molecule has 4 heteroatoms. The third kappa shape index (κ3) is 4.00. The van der Waals surface area contributed by atoms with E-state index in [-0.39, 0.29) is 0 Å². The minimum Gasteiger partial charge on any atom is -0.370 e. The summed E-state index contributed by atoms with van der Waals surface area (Å²) in [5, 5.41) is 3.21. The highest BCUT2D eigenvalue weighted by atomic mass is 15.2. The number of hydrogen-bond acceptors (Lipinski definition) is 2. The first-order valence-corrected chi connectivity index (χ1v) is 6.53. The van der Waals surface area contributed by atoms with E-state index < -0.39 is 0 Å². The Morgan fingerprint density at radius 2 is 2.25 bits per heavy atom. The van der Waals surface area contributed by atoms with Gasteiger partial charge in [-0.05, 0) is 38.1 Å². The van der Waals surface area contributed by atoms with Crippen molar-refractivity contribution in [3.63, 3.8) is 0 Å². The molecule has 92 valence electrons. The molecule has 1 saturated heterocycles. The second-order valence-electron chi connectivity index (χ2n) is 5.23. The van der Waals surface area contributed by atoms with Crippen LogP contribution in [0.5, 0.6) is 0 Å². The van der Waals surface area contributed by atoms with Crippen LogP contribution < -0.4 is 11.1 Å². The monoisotopic (exact) mass is 224 g/mol. The summed E-state index contributed by atoms with van der Waals surface area (Å²) in [5.74, 6) is 1.48. The Balaban J connectivity index is 1.62. The number of piperidine rings is 1. The molecule has 4 nitrogen and oxygen atoms in total. The average molecular weight is 224 g/mol. The standard InChI is InChI=1S/C12H24N4/c1-10-3-2-7-16(9-10)8-6-14-12(13)15-11-4-5-11/h10-11H,2-9H2,1H3,(H3,13,14,15)/t10-/m1/s1. The quantitative estimate of drug-likeness (QED) is 0.548. The largest absolute Gasteiger partial charge is 0.370 e. The highest BCUT2D eigenvalue weighted by Crippen LogP contribution is 2.18. The Bertz CT molecular complexity index is 247. The van der Waals surface area contributed by atoms with Crippen molar-refractivity contribution in [3.8, 4) is 0 Å². The van der Waals surface area contributed by atoms with E-state index in [0.717, 1.165) is 19.0 Å². The first-order chi connectivity index (χ1) is 7.74. The van der Waals surface area contributed by atoms with E-state index in [9.17, 15) is 0 Å². The zero-order chi connectivity index (χ0) is 11.4. The molecule has 2 fully saturated rings. The van der Waals surface area contributed by atoms with Gasteiger partial charge in [0.15, 0.2) is 5.96 Å². The van der Waals surface area contributed by atoms with E-state index in [1.165, 1.54) is 38.8 Å². The van der Waals surface area contributed by atoms with Crippen LogP contribution in [0.3, 0.4) is 0 Å². The molecule has 0 amide bonds. The number of aliphatic imine (C=N–C) groups is 1. The van der Waals surface area contributed by atoms with Crippen LogP contribution in [0.2, 0.25) is 0 Å². The molecule has 0 aromatic rings. The van der Waals surface area contributed by atoms with E-state index in [2.05, 4.69) is 22.1 Å². The fraction of sp³-hybridized carbons (Fsp3) is 0.917. The minimum absolute atomic E-state index is 0.610. The number of nitrogens with two attached hydrogens (primary N) is 1. The van der Waals surface area contributed by atoms with Gasteiger partial charge in [-0.25, -0.2) is 0 Å². The smallest absolute Gasteiger partial charge is 0.188 e. The Labute approximate surface area is 98.3 Å². The van der Waals surface area contributed by atoms with Crippen molar-refractivity contribution >= 4 is 5.96 Å². The molecule has 16 heavy (non-hydrogen) atoms. The van der Waals surface area contributed by atoms with Gasteiger partial charge in [-0.1, -0.05) is 6.92 Å². The normalized spacial score (nSPS) is 28.1. The number of rotatable bonds is 4. The molecule has 0 spiro atoms. The van der Waals surface area contributed by atoms with E-state index in [1.54, 1.807) is 0 Å². The summed E-state index contributed by atoms with van der Waals surface area (Å²) in [5.41, 5.74) is 5.78. The van der Waals surface area contributed by atoms with Crippen molar-refractivity contribution in [2.45, 2.75) is 38.6 Å². The molecule has 0 bridgehead atoms. The molecular weight excluding hydrogens is 200 g/mol. The molecule has 0 radical (unpaired) electrons. The van der Waals surface area contributed by atoms with Gasteiger partial charge in [0.05, 0.1) is 6.54 Å². The molecular formula is C12H24N4. The van der Waals surface area contributed by atoms with Gasteiger partial charge in [0, 0.05) is 19.1 Å². The van der Waals surface area contributed by atoms with Crippen LogP contribution in [-0.4, -0.2) is 43.1 Å². The highest BCUT2D eigenvalue weighted by molar-refractivity contribution is 5.78. The lowest BCUT2D eigenvalue weighted by Crippen LogP contribution is -2.37. The molecule has 0 aromatic heterocycles. The lowest BCUT2D eigenvalue weighted by molar-refractivity contribution is 0.189. The molecule has 2 aliphatic rings. The Kier molecular flexibility index (Phi) is 4.04. The molecule has 3 N–H and O–H groups in total. The summed E-state index contributed by atoms with van der Waals surface area (Å²) in [4.78, 5) is 6.87. The first kappa shape index (κ1) is 11.7. The summed E-state index contributed by atoms with van der Waals surface area (Å²) in [6.45, 7) is 6.68. The van der Waals surface area contributed by atoms with Gasteiger partial charge in [0.2, 0.25) is 0 Å². The molecule has 2 rings (SSSR count). The van der Waals surface area contributed by atoms with Crippen molar-refractivity contribution in [3.05, 3.63) is 0 Å². The number of nitrogens with zero attached hydrogens (tertiary/aromatic N) is 2. The molecule has 1 atom stereocenters. The van der Waals surface area contributed by atoms with Crippen molar-refractivity contribution in [2.75, 3.05) is 26.2 Å². The Hall–Kier alpha value is -0.770. The van der Waals surface area contributed by atoms with Crippen LogP contribution in [0.25, 0.3) is 0 Å². The predicted octanol–water partition coefficient (Wildman–Crippen LogP) is 0.785. The summed E-state index contributed by atoms with van der Waals surface area (Å²) in [6.07, 6.45) is 5.21. The maximum absolute atomic E-state index is 5.78. The van der Waals surface area contributed by atoms with Crippen LogP contribution in [0.4, 0.5) is 0 Å². The van der Waals surface area contributed by atoms with Crippen LogP contribution in [-0.2, 0) is 0 Å². The Morgan fingerprint density at radius 3 is 2.94 bits per heavy atom. The molecule has 1 saturated carbocycles. The van der Waals surface area contributed by atoms with Gasteiger partial charge in [-0.3, -0.25) is 4.99 Å². The average Bonchev–Trinajstić information content (AvgIpc) is 3.02. The summed E-state index contributed by atoms with van der Waals surface area (Å²) in [7, 11) is 0. The molecule has 1 aliphatic heterocycles. The zero-order valence-electron chi connectivity index (χ0n) is 10.3. The highest BCUT2D eigenvalue weighted by Gasteiger charge is 2.21. The van der Waals surface area contributed by atoms with Gasteiger partial charge in [0.25, 0.3) is 0 Å². The van der Waals surface area contributed by atoms with E-state index in [1.807, 2.05) is 0 Å². The second-order valence-corrected chi connectivity index (χ2v) is 5.23. The maximum Gasteiger partial charge on any atom is 0.188 e. The first-order valence-electron chi connectivity index (χ1n) is 6.53. The van der Waals surface area contributed by atoms with Crippen LogP contribution >= 0.6 is 0 Å². The SMILES string of the molecule is C[C@@H]1CCCN(CCN=C(N)NC2CC2)C1. The molecule has 1 aliphatic carbocycles. The number of nitrogens with one attached hydrogen (secondary N) is 1. The van der Waals surface area contributed by atoms with Gasteiger partial charge in [0.1, 0.15) is 0 Å². The third-order valence-corrected chi connectivity index (χ3v) is 3.37. The number of likely N-dealkylation sites (tertiary alicyclic amines) is 1. The Morgan fingerprint density at radius 1 is 1.44 bits per heavy atom. The fourth-order valence-electron chi connectivity index (χ4n) is 2.28. The predicted molar refractivity (Wildman–Crippen MR) is 67.5 cm³/mol. The van der Waals surface area contributed by atoms with E-state index in [4.69, 9.17) is 5.73 Å². The van der Waals surface area contributed by atoms with Gasteiger partial charge in [-0.2, -0.15) is 0 Å². The minimum atomic E-state index is 0.610. The number of hydrogen-bond donors (Lipinski definition) is 2. The summed E-state index contributed by atoms with van der Waals surface area (Å²) < 4.78 is 0. The zero-order valence-corrected chi connectivity index (χ0v) is 10.3.